The number of aromatic nitrogens is 1. The van der Waals surface area contributed by atoms with E-state index in [1.807, 2.05) is 44.3 Å². The molecule has 2 rings (SSSR count). The van der Waals surface area contributed by atoms with Crippen molar-refractivity contribution in [3.8, 4) is 0 Å². The van der Waals surface area contributed by atoms with Gasteiger partial charge in [0.05, 0.1) is 12.2 Å². The van der Waals surface area contributed by atoms with E-state index >= 15 is 0 Å². The Hall–Kier alpha value is -1.32. The number of aliphatic hydroxyl groups is 2. The van der Waals surface area contributed by atoms with Crippen LogP contribution in [-0.4, -0.2) is 20.4 Å². The van der Waals surface area contributed by atoms with E-state index in [0.717, 1.165) is 29.4 Å². The number of aryl methyl sites for hydroxylation is 1. The zero-order valence-corrected chi connectivity index (χ0v) is 10.3. The van der Waals surface area contributed by atoms with Crippen LogP contribution in [0.25, 0.3) is 10.9 Å². The molecule has 0 aliphatic heterocycles. The molecule has 0 saturated heterocycles. The van der Waals surface area contributed by atoms with Gasteiger partial charge in [0.25, 0.3) is 0 Å². The minimum absolute atomic E-state index is 0.0742. The number of benzene rings is 1. The number of aliphatic hydroxyl groups excluding tert-OH is 1. The quantitative estimate of drug-likeness (QED) is 0.851. The van der Waals surface area contributed by atoms with E-state index in [4.69, 9.17) is 5.11 Å². The summed E-state index contributed by atoms with van der Waals surface area (Å²) in [6, 6.07) is 7.99. The van der Waals surface area contributed by atoms with Crippen molar-refractivity contribution >= 4 is 10.9 Å². The fraction of sp³-hybridized carbons (Fsp3) is 0.429. The van der Waals surface area contributed by atoms with Gasteiger partial charge in [-0.2, -0.15) is 0 Å². The Morgan fingerprint density at radius 3 is 2.65 bits per heavy atom. The highest BCUT2D eigenvalue weighted by Crippen LogP contribution is 2.19. The average molecular weight is 233 g/mol. The van der Waals surface area contributed by atoms with E-state index in [-0.39, 0.29) is 6.61 Å². The summed E-state index contributed by atoms with van der Waals surface area (Å²) in [5, 5.41) is 19.9. The Kier molecular flexibility index (Phi) is 3.22. The van der Waals surface area contributed by atoms with E-state index in [0.29, 0.717) is 0 Å². The van der Waals surface area contributed by atoms with E-state index in [2.05, 4.69) is 4.57 Å². The first-order valence-corrected chi connectivity index (χ1v) is 5.91. The van der Waals surface area contributed by atoms with Crippen molar-refractivity contribution in [3.05, 3.63) is 36.0 Å². The van der Waals surface area contributed by atoms with Crippen LogP contribution in [0.3, 0.4) is 0 Å². The first kappa shape index (κ1) is 12.1. The maximum atomic E-state index is 9.72. The van der Waals surface area contributed by atoms with Gasteiger partial charge in [-0.3, -0.25) is 0 Å². The van der Waals surface area contributed by atoms with Crippen LogP contribution < -0.4 is 0 Å². The summed E-state index contributed by atoms with van der Waals surface area (Å²) in [6.45, 7) is 4.52. The topological polar surface area (TPSA) is 45.4 Å². The molecule has 0 radical (unpaired) electrons. The summed E-state index contributed by atoms with van der Waals surface area (Å²) in [4.78, 5) is 0. The SMILES string of the molecule is CC(C)(O)CCn1ccc2cc(CO)ccc21. The molecule has 1 aromatic heterocycles. The minimum atomic E-state index is -0.637. The summed E-state index contributed by atoms with van der Waals surface area (Å²) >= 11 is 0. The lowest BCUT2D eigenvalue weighted by Crippen LogP contribution is -2.20. The highest BCUT2D eigenvalue weighted by molar-refractivity contribution is 5.80. The molecule has 0 saturated carbocycles. The lowest BCUT2D eigenvalue weighted by Gasteiger charge is -2.17. The average Bonchev–Trinajstić information content (AvgIpc) is 2.67. The molecule has 17 heavy (non-hydrogen) atoms. The molecule has 0 spiro atoms. The van der Waals surface area contributed by atoms with Crippen LogP contribution in [0.5, 0.6) is 0 Å². The van der Waals surface area contributed by atoms with E-state index < -0.39 is 5.60 Å². The molecule has 3 heteroatoms. The van der Waals surface area contributed by atoms with E-state index in [1.54, 1.807) is 0 Å². The molecule has 0 atom stereocenters. The summed E-state index contributed by atoms with van der Waals surface area (Å²) < 4.78 is 2.13. The highest BCUT2D eigenvalue weighted by atomic mass is 16.3. The lowest BCUT2D eigenvalue weighted by atomic mass is 10.1. The zero-order valence-electron chi connectivity index (χ0n) is 10.3. The van der Waals surface area contributed by atoms with Gasteiger partial charge in [-0.25, -0.2) is 0 Å². The van der Waals surface area contributed by atoms with Crippen molar-refractivity contribution in [1.29, 1.82) is 0 Å². The van der Waals surface area contributed by atoms with Gasteiger partial charge >= 0.3 is 0 Å². The third-order valence-corrected chi connectivity index (χ3v) is 2.98. The van der Waals surface area contributed by atoms with Crippen molar-refractivity contribution in [2.24, 2.45) is 0 Å². The summed E-state index contributed by atoms with van der Waals surface area (Å²) in [6.07, 6.45) is 2.75. The van der Waals surface area contributed by atoms with Gasteiger partial charge in [-0.1, -0.05) is 6.07 Å². The van der Waals surface area contributed by atoms with Crippen molar-refractivity contribution < 1.29 is 10.2 Å². The fourth-order valence-corrected chi connectivity index (χ4v) is 1.94. The molecule has 0 amide bonds. The monoisotopic (exact) mass is 233 g/mol. The van der Waals surface area contributed by atoms with Crippen molar-refractivity contribution in [2.45, 2.75) is 39.0 Å². The normalized spacial score (nSPS) is 12.2. The summed E-state index contributed by atoms with van der Waals surface area (Å²) in [5.74, 6) is 0. The number of nitrogens with zero attached hydrogens (tertiary/aromatic N) is 1. The Bertz CT molecular complexity index is 508. The van der Waals surface area contributed by atoms with Gasteiger partial charge in [-0.15, -0.1) is 0 Å². The number of hydrogen-bond donors (Lipinski definition) is 2. The van der Waals surface area contributed by atoms with Crippen LogP contribution >= 0.6 is 0 Å². The molecule has 92 valence electrons. The van der Waals surface area contributed by atoms with Crippen LogP contribution in [0.2, 0.25) is 0 Å². The molecule has 2 aromatic rings. The Balaban J connectivity index is 2.24. The second kappa shape index (κ2) is 4.51. The smallest absolute Gasteiger partial charge is 0.0682 e. The summed E-state index contributed by atoms with van der Waals surface area (Å²) in [5.41, 5.74) is 1.44. The first-order chi connectivity index (χ1) is 7.99. The van der Waals surface area contributed by atoms with E-state index in [1.165, 1.54) is 0 Å². The van der Waals surface area contributed by atoms with Crippen LogP contribution in [0.1, 0.15) is 25.8 Å². The van der Waals surface area contributed by atoms with Crippen LogP contribution in [0.4, 0.5) is 0 Å². The molecule has 0 bridgehead atoms. The molecule has 2 N–H and O–H groups in total. The third kappa shape index (κ3) is 2.87. The minimum Gasteiger partial charge on any atom is -0.392 e. The number of fused-ring (bicyclic) bond motifs is 1. The van der Waals surface area contributed by atoms with Gasteiger partial charge in [0, 0.05) is 18.3 Å². The molecule has 1 heterocycles. The number of rotatable bonds is 4. The van der Waals surface area contributed by atoms with Crippen LogP contribution in [0.15, 0.2) is 30.5 Å². The van der Waals surface area contributed by atoms with Crippen molar-refractivity contribution in [3.63, 3.8) is 0 Å². The fourth-order valence-electron chi connectivity index (χ4n) is 1.94. The lowest BCUT2D eigenvalue weighted by molar-refractivity contribution is 0.0666. The van der Waals surface area contributed by atoms with Gasteiger partial charge in [0.1, 0.15) is 0 Å². The number of hydrogen-bond acceptors (Lipinski definition) is 2. The van der Waals surface area contributed by atoms with Gasteiger partial charge in [0.15, 0.2) is 0 Å². The second-order valence-electron chi connectivity index (χ2n) is 5.12. The standard InChI is InChI=1S/C14H19NO2/c1-14(2,17)6-8-15-7-5-12-9-11(10-16)3-4-13(12)15/h3-5,7,9,16-17H,6,8,10H2,1-2H3. The zero-order chi connectivity index (χ0) is 12.5. The predicted octanol–water partition coefficient (Wildman–Crippen LogP) is 2.29. The Morgan fingerprint density at radius 2 is 2.00 bits per heavy atom. The van der Waals surface area contributed by atoms with Crippen LogP contribution in [0, 0.1) is 0 Å². The van der Waals surface area contributed by atoms with Gasteiger partial charge in [-0.05, 0) is 49.4 Å². The maximum absolute atomic E-state index is 9.72. The first-order valence-electron chi connectivity index (χ1n) is 5.91. The second-order valence-corrected chi connectivity index (χ2v) is 5.12. The summed E-state index contributed by atoms with van der Waals surface area (Å²) in [7, 11) is 0. The Morgan fingerprint density at radius 1 is 1.24 bits per heavy atom. The van der Waals surface area contributed by atoms with Crippen molar-refractivity contribution in [2.75, 3.05) is 0 Å². The highest BCUT2D eigenvalue weighted by Gasteiger charge is 2.12. The molecular formula is C14H19NO2. The van der Waals surface area contributed by atoms with Crippen molar-refractivity contribution in [1.82, 2.24) is 4.57 Å². The largest absolute Gasteiger partial charge is 0.392 e. The van der Waals surface area contributed by atoms with Gasteiger partial charge in [0.2, 0.25) is 0 Å². The molecule has 3 nitrogen and oxygen atoms in total. The van der Waals surface area contributed by atoms with E-state index in [9.17, 15) is 5.11 Å². The maximum Gasteiger partial charge on any atom is 0.0682 e. The van der Waals surface area contributed by atoms with Crippen LogP contribution in [-0.2, 0) is 13.2 Å². The van der Waals surface area contributed by atoms with Gasteiger partial charge < -0.3 is 14.8 Å². The molecule has 1 aromatic carbocycles. The molecule has 0 fully saturated rings. The molecule has 0 unspecified atom stereocenters. The molecule has 0 aliphatic rings. The predicted molar refractivity (Wildman–Crippen MR) is 68.8 cm³/mol. The Labute approximate surface area is 101 Å². The molecule has 0 aliphatic carbocycles. The molecular weight excluding hydrogens is 214 g/mol. The third-order valence-electron chi connectivity index (χ3n) is 2.98.